The van der Waals surface area contributed by atoms with Crippen LogP contribution in [0.15, 0.2) is 24.3 Å². The highest BCUT2D eigenvalue weighted by molar-refractivity contribution is 9.09. The van der Waals surface area contributed by atoms with Gasteiger partial charge >= 0.3 is 0 Å². The third-order valence-corrected chi connectivity index (χ3v) is 6.02. The highest BCUT2D eigenvalue weighted by atomic mass is 79.9. The van der Waals surface area contributed by atoms with Crippen molar-refractivity contribution in [3.8, 4) is 0 Å². The summed E-state index contributed by atoms with van der Waals surface area (Å²) in [6.07, 6.45) is 2.38. The van der Waals surface area contributed by atoms with Crippen LogP contribution in [0, 0.1) is 12.8 Å². The Bertz CT molecular complexity index is 465. The van der Waals surface area contributed by atoms with E-state index in [1.807, 2.05) is 6.92 Å². The standard InChI is InChI=1S/C15H23BrO2S/c1-3-9-19(17,18)10-8-15(12-16)11-14-6-4-13(2)5-7-14/h4-7,15H,3,8-12H2,1-2H3. The van der Waals surface area contributed by atoms with E-state index in [1.165, 1.54) is 11.1 Å². The third kappa shape index (κ3) is 6.57. The first kappa shape index (κ1) is 16.7. The summed E-state index contributed by atoms with van der Waals surface area (Å²) in [5.74, 6) is 1.00. The van der Waals surface area contributed by atoms with Crippen molar-refractivity contribution in [3.63, 3.8) is 0 Å². The van der Waals surface area contributed by atoms with Gasteiger partial charge < -0.3 is 0 Å². The lowest BCUT2D eigenvalue weighted by Crippen LogP contribution is -2.16. The van der Waals surface area contributed by atoms with Crippen molar-refractivity contribution in [2.24, 2.45) is 5.92 Å². The summed E-state index contributed by atoms with van der Waals surface area (Å²) >= 11 is 3.50. The number of benzene rings is 1. The quantitative estimate of drug-likeness (QED) is 0.671. The van der Waals surface area contributed by atoms with Gasteiger partial charge in [-0.25, -0.2) is 8.42 Å². The van der Waals surface area contributed by atoms with E-state index in [1.54, 1.807) is 0 Å². The van der Waals surface area contributed by atoms with Crippen LogP contribution in [-0.2, 0) is 16.3 Å². The predicted octanol–water partition coefficient (Wildman–Crippen LogP) is 3.76. The van der Waals surface area contributed by atoms with Crippen LogP contribution >= 0.6 is 15.9 Å². The smallest absolute Gasteiger partial charge is 0.150 e. The Kier molecular flexibility index (Phi) is 7.08. The van der Waals surface area contributed by atoms with E-state index in [-0.39, 0.29) is 0 Å². The third-order valence-electron chi connectivity index (χ3n) is 3.22. The van der Waals surface area contributed by atoms with Crippen LogP contribution in [0.1, 0.15) is 30.9 Å². The predicted molar refractivity (Wildman–Crippen MR) is 85.7 cm³/mol. The number of alkyl halides is 1. The molecule has 19 heavy (non-hydrogen) atoms. The van der Waals surface area contributed by atoms with Gasteiger partial charge in [0.05, 0.1) is 5.75 Å². The fourth-order valence-electron chi connectivity index (χ4n) is 2.05. The normalized spacial score (nSPS) is 13.4. The van der Waals surface area contributed by atoms with Gasteiger partial charge in [-0.1, -0.05) is 52.7 Å². The van der Waals surface area contributed by atoms with Crippen LogP contribution in [0.2, 0.25) is 0 Å². The molecule has 0 aromatic heterocycles. The van der Waals surface area contributed by atoms with Gasteiger partial charge in [0.25, 0.3) is 0 Å². The Morgan fingerprint density at radius 2 is 1.79 bits per heavy atom. The van der Waals surface area contributed by atoms with E-state index in [9.17, 15) is 8.42 Å². The largest absolute Gasteiger partial charge is 0.229 e. The molecule has 1 unspecified atom stereocenters. The molecule has 1 atom stereocenters. The van der Waals surface area contributed by atoms with E-state index in [2.05, 4.69) is 47.1 Å². The molecule has 0 saturated heterocycles. The zero-order valence-corrected chi connectivity index (χ0v) is 14.1. The van der Waals surface area contributed by atoms with Crippen LogP contribution < -0.4 is 0 Å². The molecule has 1 rings (SSSR count). The molecule has 4 heteroatoms. The molecule has 0 saturated carbocycles. The first-order chi connectivity index (χ1) is 8.96. The Morgan fingerprint density at radius 3 is 2.32 bits per heavy atom. The average Bonchev–Trinajstić information content (AvgIpc) is 2.36. The fraction of sp³-hybridized carbons (Fsp3) is 0.600. The summed E-state index contributed by atoms with van der Waals surface area (Å²) in [6, 6.07) is 8.47. The van der Waals surface area contributed by atoms with Crippen LogP contribution in [0.25, 0.3) is 0 Å². The minimum absolute atomic E-state index is 0.309. The van der Waals surface area contributed by atoms with Gasteiger partial charge in [-0.15, -0.1) is 0 Å². The molecule has 0 radical (unpaired) electrons. The number of halogens is 1. The highest BCUT2D eigenvalue weighted by Crippen LogP contribution is 2.17. The zero-order valence-electron chi connectivity index (χ0n) is 11.7. The Morgan fingerprint density at radius 1 is 1.16 bits per heavy atom. The van der Waals surface area contributed by atoms with Crippen LogP contribution in [0.5, 0.6) is 0 Å². The second kappa shape index (κ2) is 8.05. The molecule has 0 amide bonds. The monoisotopic (exact) mass is 346 g/mol. The molecule has 1 aromatic carbocycles. The summed E-state index contributed by atoms with van der Waals surface area (Å²) in [7, 11) is -2.86. The molecule has 0 aliphatic carbocycles. The molecule has 0 bridgehead atoms. The molecule has 0 spiro atoms. The second-order valence-corrected chi connectivity index (χ2v) is 8.10. The van der Waals surface area contributed by atoms with E-state index in [0.29, 0.717) is 23.8 Å². The van der Waals surface area contributed by atoms with Crippen molar-refractivity contribution < 1.29 is 8.42 Å². The van der Waals surface area contributed by atoms with E-state index in [0.717, 1.165) is 18.2 Å². The number of sulfone groups is 1. The number of aryl methyl sites for hydroxylation is 1. The summed E-state index contributed by atoms with van der Waals surface area (Å²) in [5.41, 5.74) is 2.53. The molecular formula is C15H23BrO2S. The minimum atomic E-state index is -2.86. The topological polar surface area (TPSA) is 34.1 Å². The van der Waals surface area contributed by atoms with Crippen molar-refractivity contribution in [3.05, 3.63) is 35.4 Å². The van der Waals surface area contributed by atoms with Crippen LogP contribution in [0.3, 0.4) is 0 Å². The average molecular weight is 347 g/mol. The Balaban J connectivity index is 2.52. The van der Waals surface area contributed by atoms with E-state index >= 15 is 0 Å². The number of rotatable bonds is 8. The summed E-state index contributed by atoms with van der Waals surface area (Å²) in [6.45, 7) is 3.98. The Hall–Kier alpha value is -0.350. The minimum Gasteiger partial charge on any atom is -0.229 e. The van der Waals surface area contributed by atoms with E-state index in [4.69, 9.17) is 0 Å². The first-order valence-corrected chi connectivity index (χ1v) is 9.73. The Labute approximate surface area is 125 Å². The van der Waals surface area contributed by atoms with Crippen molar-refractivity contribution in [2.75, 3.05) is 16.8 Å². The molecular weight excluding hydrogens is 324 g/mol. The van der Waals surface area contributed by atoms with E-state index < -0.39 is 9.84 Å². The van der Waals surface area contributed by atoms with Crippen molar-refractivity contribution in [1.29, 1.82) is 0 Å². The maximum absolute atomic E-state index is 11.7. The molecule has 0 aliphatic heterocycles. The summed E-state index contributed by atoms with van der Waals surface area (Å²) in [5, 5.41) is 0.850. The maximum atomic E-state index is 11.7. The molecule has 0 fully saturated rings. The van der Waals surface area contributed by atoms with Gasteiger partial charge in [0.15, 0.2) is 0 Å². The van der Waals surface area contributed by atoms with Gasteiger partial charge in [0, 0.05) is 11.1 Å². The molecule has 2 nitrogen and oxygen atoms in total. The fourth-order valence-corrected chi connectivity index (χ4v) is 4.12. The molecule has 1 aromatic rings. The summed E-state index contributed by atoms with van der Waals surface area (Å²) in [4.78, 5) is 0. The molecule has 0 N–H and O–H groups in total. The van der Waals surface area contributed by atoms with Crippen molar-refractivity contribution >= 4 is 25.8 Å². The lowest BCUT2D eigenvalue weighted by molar-refractivity contribution is 0.551. The zero-order chi connectivity index (χ0) is 14.3. The SMILES string of the molecule is CCCS(=O)(=O)CCC(CBr)Cc1ccc(C)cc1. The van der Waals surface area contributed by atoms with Crippen LogP contribution in [0.4, 0.5) is 0 Å². The second-order valence-electron chi connectivity index (χ2n) is 5.15. The van der Waals surface area contributed by atoms with Crippen molar-refractivity contribution in [2.45, 2.75) is 33.1 Å². The lowest BCUT2D eigenvalue weighted by Gasteiger charge is -2.14. The van der Waals surface area contributed by atoms with Gasteiger partial charge in [0.2, 0.25) is 0 Å². The molecule has 108 valence electrons. The van der Waals surface area contributed by atoms with Crippen LogP contribution in [-0.4, -0.2) is 25.3 Å². The molecule has 0 aliphatic rings. The van der Waals surface area contributed by atoms with Gasteiger partial charge in [-0.2, -0.15) is 0 Å². The van der Waals surface area contributed by atoms with Gasteiger partial charge in [0.1, 0.15) is 9.84 Å². The first-order valence-electron chi connectivity index (χ1n) is 6.78. The summed E-state index contributed by atoms with van der Waals surface area (Å²) < 4.78 is 23.5. The van der Waals surface area contributed by atoms with Gasteiger partial charge in [-0.05, 0) is 37.7 Å². The van der Waals surface area contributed by atoms with Crippen molar-refractivity contribution in [1.82, 2.24) is 0 Å². The molecule has 0 heterocycles. The lowest BCUT2D eigenvalue weighted by atomic mass is 9.98. The number of hydrogen-bond acceptors (Lipinski definition) is 2. The van der Waals surface area contributed by atoms with Gasteiger partial charge in [-0.3, -0.25) is 0 Å². The number of hydrogen-bond donors (Lipinski definition) is 0. The highest BCUT2D eigenvalue weighted by Gasteiger charge is 2.14. The maximum Gasteiger partial charge on any atom is 0.150 e.